The van der Waals surface area contributed by atoms with Gasteiger partial charge in [-0.3, -0.25) is 0 Å². The molecule has 1 aliphatic heterocycles. The lowest BCUT2D eigenvalue weighted by atomic mass is 10.0. The number of aryl methyl sites for hydroxylation is 1. The van der Waals surface area contributed by atoms with E-state index in [9.17, 15) is 36.2 Å². The second-order valence-corrected chi connectivity index (χ2v) is 9.28. The van der Waals surface area contributed by atoms with Crippen molar-refractivity contribution in [2.75, 3.05) is 19.7 Å². The quantitative estimate of drug-likeness (QED) is 0.514. The first-order valence-electron chi connectivity index (χ1n) is 9.17. The Balaban J connectivity index is 1.94. The maximum absolute atomic E-state index is 13.5. The van der Waals surface area contributed by atoms with Crippen LogP contribution in [0.15, 0.2) is 41.3 Å². The summed E-state index contributed by atoms with van der Waals surface area (Å²) in [5, 5.41) is 20.4. The number of benzene rings is 2. The van der Waals surface area contributed by atoms with Crippen LogP contribution in [0.3, 0.4) is 0 Å². The molecule has 2 atom stereocenters. The number of alkyl halides is 3. The molecule has 7 nitrogen and oxygen atoms in total. The highest BCUT2D eigenvalue weighted by Crippen LogP contribution is 2.38. The maximum atomic E-state index is 13.5. The summed E-state index contributed by atoms with van der Waals surface area (Å²) in [7, 11) is -4.52. The molecule has 3 rings (SSSR count). The van der Waals surface area contributed by atoms with Gasteiger partial charge < -0.3 is 14.9 Å². The average molecular weight is 474 g/mol. The molecule has 0 aliphatic carbocycles. The molecule has 172 valence electrons. The number of sulfonamides is 1. The number of hydrogen-bond donors (Lipinski definition) is 2. The molecule has 2 aromatic rings. The molecule has 0 amide bonds. The SMILES string of the molecule is [C-]#[N+]c1cc(C(F)(F)F)ccc1S(=O)(=O)N1C[C@H](Oc2ccc(F)c(C)c2)[C@](O)(CO)C1. The van der Waals surface area contributed by atoms with E-state index in [-0.39, 0.29) is 11.3 Å². The van der Waals surface area contributed by atoms with E-state index < -0.39 is 69.6 Å². The van der Waals surface area contributed by atoms with Crippen LogP contribution >= 0.6 is 0 Å². The van der Waals surface area contributed by atoms with Gasteiger partial charge >= 0.3 is 6.18 Å². The molecule has 1 heterocycles. The van der Waals surface area contributed by atoms with Gasteiger partial charge in [0.05, 0.1) is 24.6 Å². The van der Waals surface area contributed by atoms with Gasteiger partial charge in [-0.1, -0.05) is 12.1 Å². The molecule has 0 saturated carbocycles. The number of aliphatic hydroxyl groups excluding tert-OH is 1. The molecule has 0 spiro atoms. The molecule has 2 N–H and O–H groups in total. The molecule has 0 bridgehead atoms. The second kappa shape index (κ2) is 8.32. The van der Waals surface area contributed by atoms with Gasteiger partial charge in [-0.05, 0) is 36.8 Å². The fourth-order valence-electron chi connectivity index (χ4n) is 3.30. The van der Waals surface area contributed by atoms with Crippen molar-refractivity contribution in [1.29, 1.82) is 0 Å². The highest BCUT2D eigenvalue weighted by molar-refractivity contribution is 7.89. The van der Waals surface area contributed by atoms with Gasteiger partial charge in [-0.2, -0.15) is 17.5 Å². The van der Waals surface area contributed by atoms with Crippen molar-refractivity contribution in [3.05, 3.63) is 64.8 Å². The molecule has 1 aliphatic rings. The van der Waals surface area contributed by atoms with E-state index in [0.717, 1.165) is 10.4 Å². The fraction of sp³-hybridized carbons (Fsp3) is 0.350. The molecular weight excluding hydrogens is 456 g/mol. The summed E-state index contributed by atoms with van der Waals surface area (Å²) in [6, 6.07) is 5.38. The Labute approximate surface area is 181 Å². The number of aliphatic hydroxyl groups is 2. The summed E-state index contributed by atoms with van der Waals surface area (Å²) in [6.07, 6.45) is -6.03. The Morgan fingerprint density at radius 1 is 1.28 bits per heavy atom. The van der Waals surface area contributed by atoms with Gasteiger partial charge in [-0.15, -0.1) is 0 Å². The zero-order valence-corrected chi connectivity index (χ0v) is 17.4. The van der Waals surface area contributed by atoms with E-state index in [1.165, 1.54) is 19.1 Å². The first-order chi connectivity index (χ1) is 14.8. The minimum atomic E-state index is -4.77. The van der Waals surface area contributed by atoms with Crippen LogP contribution in [0.1, 0.15) is 11.1 Å². The van der Waals surface area contributed by atoms with Crippen LogP contribution in [0, 0.1) is 19.3 Å². The molecule has 1 saturated heterocycles. The largest absolute Gasteiger partial charge is 0.486 e. The van der Waals surface area contributed by atoms with Crippen molar-refractivity contribution in [3.63, 3.8) is 0 Å². The number of ether oxygens (including phenoxy) is 1. The van der Waals surface area contributed by atoms with Crippen molar-refractivity contribution >= 4 is 15.7 Å². The van der Waals surface area contributed by atoms with E-state index >= 15 is 0 Å². The third-order valence-corrected chi connectivity index (χ3v) is 6.98. The first-order valence-corrected chi connectivity index (χ1v) is 10.6. The molecular formula is C20H18F4N2O5S. The molecule has 2 aromatic carbocycles. The highest BCUT2D eigenvalue weighted by Gasteiger charge is 2.51. The Morgan fingerprint density at radius 2 is 1.97 bits per heavy atom. The van der Waals surface area contributed by atoms with Crippen LogP contribution in [-0.2, 0) is 16.2 Å². The van der Waals surface area contributed by atoms with Gasteiger partial charge in [0.15, 0.2) is 0 Å². The van der Waals surface area contributed by atoms with Crippen molar-refractivity contribution in [1.82, 2.24) is 4.31 Å². The minimum Gasteiger partial charge on any atom is -0.486 e. The predicted octanol–water partition coefficient (Wildman–Crippen LogP) is 2.88. The molecule has 0 unspecified atom stereocenters. The van der Waals surface area contributed by atoms with Crippen LogP contribution in [0.5, 0.6) is 5.75 Å². The van der Waals surface area contributed by atoms with Crippen LogP contribution < -0.4 is 4.74 Å². The summed E-state index contributed by atoms with van der Waals surface area (Å²) < 4.78 is 84.8. The standard InChI is InChI=1S/C20H18F4N2O5S/c1-12-7-14(4-5-15(12)21)31-18-9-26(10-19(18,28)11-27)32(29,30)17-6-3-13(20(22,23)24)8-16(17)25-2/h3-8,18,27-28H,9-11H2,1H3/t18-,19+/m0/s1. The monoisotopic (exact) mass is 474 g/mol. The van der Waals surface area contributed by atoms with E-state index in [2.05, 4.69) is 4.85 Å². The highest BCUT2D eigenvalue weighted by atomic mass is 32.2. The van der Waals surface area contributed by atoms with E-state index in [4.69, 9.17) is 11.3 Å². The van der Waals surface area contributed by atoms with Crippen molar-refractivity contribution in [2.24, 2.45) is 0 Å². The van der Waals surface area contributed by atoms with Crippen molar-refractivity contribution in [2.45, 2.75) is 29.7 Å². The number of halogens is 4. The van der Waals surface area contributed by atoms with Crippen LogP contribution in [0.2, 0.25) is 0 Å². The maximum Gasteiger partial charge on any atom is 0.415 e. The molecule has 0 aromatic heterocycles. The predicted molar refractivity (Wildman–Crippen MR) is 104 cm³/mol. The summed E-state index contributed by atoms with van der Waals surface area (Å²) in [5.41, 5.74) is -3.71. The van der Waals surface area contributed by atoms with E-state index in [1.54, 1.807) is 0 Å². The zero-order valence-electron chi connectivity index (χ0n) is 16.6. The number of hydrogen-bond acceptors (Lipinski definition) is 5. The van der Waals surface area contributed by atoms with E-state index in [0.29, 0.717) is 18.2 Å². The van der Waals surface area contributed by atoms with Crippen LogP contribution in [0.25, 0.3) is 4.85 Å². The van der Waals surface area contributed by atoms with Crippen molar-refractivity contribution < 1.29 is 40.9 Å². The van der Waals surface area contributed by atoms with Gasteiger partial charge in [-0.25, -0.2) is 17.7 Å². The lowest BCUT2D eigenvalue weighted by Gasteiger charge is -2.27. The second-order valence-electron chi connectivity index (χ2n) is 7.37. The van der Waals surface area contributed by atoms with Gasteiger partial charge in [0.25, 0.3) is 0 Å². The summed E-state index contributed by atoms with van der Waals surface area (Å²) in [4.78, 5) is 2.24. The molecule has 1 fully saturated rings. The fourth-order valence-corrected chi connectivity index (χ4v) is 4.91. The van der Waals surface area contributed by atoms with Gasteiger partial charge in [0.2, 0.25) is 15.7 Å². The Kier molecular flexibility index (Phi) is 6.23. The van der Waals surface area contributed by atoms with Gasteiger partial charge in [0.1, 0.15) is 23.3 Å². The average Bonchev–Trinajstić information content (AvgIpc) is 3.07. The van der Waals surface area contributed by atoms with E-state index in [1.807, 2.05) is 0 Å². The number of rotatable bonds is 5. The molecule has 0 radical (unpaired) electrons. The van der Waals surface area contributed by atoms with Crippen LogP contribution in [0.4, 0.5) is 23.2 Å². The van der Waals surface area contributed by atoms with Crippen molar-refractivity contribution in [3.8, 4) is 5.75 Å². The third kappa shape index (κ3) is 4.42. The number of nitrogens with zero attached hydrogens (tertiary/aromatic N) is 2. The van der Waals surface area contributed by atoms with Gasteiger partial charge in [0, 0.05) is 12.1 Å². The lowest BCUT2D eigenvalue weighted by molar-refractivity contribution is -0.137. The third-order valence-electron chi connectivity index (χ3n) is 5.13. The Hall–Kier alpha value is -2.72. The Bertz CT molecular complexity index is 1180. The lowest BCUT2D eigenvalue weighted by Crippen LogP contribution is -2.48. The minimum absolute atomic E-state index is 0.122. The summed E-state index contributed by atoms with van der Waals surface area (Å²) >= 11 is 0. The first kappa shape index (κ1) is 23.9. The summed E-state index contributed by atoms with van der Waals surface area (Å²) in [6.45, 7) is 6.60. The van der Waals surface area contributed by atoms with Crippen LogP contribution in [-0.4, -0.2) is 54.3 Å². The number of β-amino-alcohol motifs (C(OH)–C–C–N with tert-alkyl or cyclic N) is 1. The summed E-state index contributed by atoms with van der Waals surface area (Å²) in [5.74, 6) is -0.379. The normalized spacial score (nSPS) is 22.0. The molecule has 32 heavy (non-hydrogen) atoms. The zero-order chi connectivity index (χ0) is 23.9. The smallest absolute Gasteiger partial charge is 0.415 e. The Morgan fingerprint density at radius 3 is 2.53 bits per heavy atom. The molecule has 12 heteroatoms. The topological polar surface area (TPSA) is 91.4 Å².